The molecule has 0 bridgehead atoms. The molecular weight excluding hydrogens is 298 g/mol. The van der Waals surface area contributed by atoms with Crippen LogP contribution in [0.15, 0.2) is 42.5 Å². The van der Waals surface area contributed by atoms with E-state index in [0.717, 1.165) is 16.9 Å². The lowest BCUT2D eigenvalue weighted by molar-refractivity contribution is -0.128. The SMILES string of the molecule is CC[C@H](Oc1ccccc1C)C(=O)N[C@H](C)c1cc(C)ccc1C. The molecular formula is C21H27NO2. The minimum absolute atomic E-state index is 0.0491. The number of amides is 1. The van der Waals surface area contributed by atoms with Crippen molar-refractivity contribution in [3.8, 4) is 5.75 Å². The van der Waals surface area contributed by atoms with Crippen molar-refractivity contribution in [1.82, 2.24) is 5.32 Å². The molecule has 3 heteroatoms. The highest BCUT2D eigenvalue weighted by Gasteiger charge is 2.21. The summed E-state index contributed by atoms with van der Waals surface area (Å²) in [5, 5.41) is 3.09. The van der Waals surface area contributed by atoms with Gasteiger partial charge < -0.3 is 10.1 Å². The summed E-state index contributed by atoms with van der Waals surface area (Å²) in [6, 6.07) is 14.0. The molecule has 0 aliphatic rings. The predicted octanol–water partition coefficient (Wildman–Crippen LogP) is 4.65. The number of para-hydroxylation sites is 1. The van der Waals surface area contributed by atoms with E-state index < -0.39 is 6.10 Å². The number of rotatable bonds is 6. The second-order valence-corrected chi connectivity index (χ2v) is 6.37. The normalized spacial score (nSPS) is 13.2. The van der Waals surface area contributed by atoms with Gasteiger partial charge in [-0.2, -0.15) is 0 Å². The first-order chi connectivity index (χ1) is 11.4. The minimum atomic E-state index is -0.487. The van der Waals surface area contributed by atoms with Crippen LogP contribution in [0.2, 0.25) is 0 Å². The van der Waals surface area contributed by atoms with E-state index in [0.29, 0.717) is 6.42 Å². The van der Waals surface area contributed by atoms with Gasteiger partial charge >= 0.3 is 0 Å². The molecule has 2 aromatic rings. The number of hydrogen-bond donors (Lipinski definition) is 1. The third-order valence-electron chi connectivity index (χ3n) is 4.29. The van der Waals surface area contributed by atoms with Crippen molar-refractivity contribution in [2.24, 2.45) is 0 Å². The van der Waals surface area contributed by atoms with Crippen LogP contribution in [0.5, 0.6) is 5.75 Å². The second kappa shape index (κ2) is 8.00. The maximum absolute atomic E-state index is 12.6. The predicted molar refractivity (Wildman–Crippen MR) is 98.4 cm³/mol. The first kappa shape index (κ1) is 18.1. The molecule has 0 radical (unpaired) electrons. The third kappa shape index (κ3) is 4.38. The molecule has 2 atom stereocenters. The molecule has 0 fully saturated rings. The van der Waals surface area contributed by atoms with Crippen molar-refractivity contribution in [2.45, 2.75) is 53.2 Å². The number of ether oxygens (including phenoxy) is 1. The summed E-state index contributed by atoms with van der Waals surface area (Å²) in [5.74, 6) is 0.688. The average Bonchev–Trinajstić information content (AvgIpc) is 2.56. The van der Waals surface area contributed by atoms with Crippen molar-refractivity contribution in [3.63, 3.8) is 0 Å². The van der Waals surface area contributed by atoms with E-state index >= 15 is 0 Å². The molecule has 0 saturated heterocycles. The van der Waals surface area contributed by atoms with Crippen molar-refractivity contribution < 1.29 is 9.53 Å². The van der Waals surface area contributed by atoms with Gasteiger partial charge in [0.15, 0.2) is 6.10 Å². The fraction of sp³-hybridized carbons (Fsp3) is 0.381. The van der Waals surface area contributed by atoms with E-state index in [1.807, 2.05) is 45.0 Å². The molecule has 0 heterocycles. The van der Waals surface area contributed by atoms with Crippen LogP contribution in [0, 0.1) is 20.8 Å². The molecule has 0 aromatic heterocycles. The lowest BCUT2D eigenvalue weighted by atomic mass is 10.00. The van der Waals surface area contributed by atoms with Gasteiger partial charge in [-0.1, -0.05) is 48.9 Å². The van der Waals surface area contributed by atoms with Crippen LogP contribution in [0.1, 0.15) is 48.6 Å². The van der Waals surface area contributed by atoms with Gasteiger partial charge in [0.25, 0.3) is 5.91 Å². The molecule has 1 amide bonds. The molecule has 2 aromatic carbocycles. The molecule has 1 N–H and O–H groups in total. The number of aryl methyl sites for hydroxylation is 3. The van der Waals surface area contributed by atoms with Crippen LogP contribution >= 0.6 is 0 Å². The molecule has 0 spiro atoms. The molecule has 3 nitrogen and oxygen atoms in total. The van der Waals surface area contributed by atoms with E-state index in [9.17, 15) is 4.79 Å². The quantitative estimate of drug-likeness (QED) is 0.840. The largest absolute Gasteiger partial charge is 0.480 e. The summed E-state index contributed by atoms with van der Waals surface area (Å²) in [6.45, 7) is 10.1. The van der Waals surface area contributed by atoms with Gasteiger partial charge in [0.1, 0.15) is 5.75 Å². The van der Waals surface area contributed by atoms with Gasteiger partial charge in [0.2, 0.25) is 0 Å². The molecule has 2 rings (SSSR count). The lowest BCUT2D eigenvalue weighted by Gasteiger charge is -2.22. The Balaban J connectivity index is 2.09. The monoisotopic (exact) mass is 325 g/mol. The Bertz CT molecular complexity index is 709. The molecule has 0 aliphatic heterocycles. The Hall–Kier alpha value is -2.29. The summed E-state index contributed by atoms with van der Waals surface area (Å²) in [5.41, 5.74) is 4.56. The van der Waals surface area contributed by atoms with E-state index in [4.69, 9.17) is 4.74 Å². The highest BCUT2D eigenvalue weighted by Crippen LogP contribution is 2.21. The number of nitrogens with one attached hydrogen (secondary N) is 1. The van der Waals surface area contributed by atoms with Crippen LogP contribution in [0.25, 0.3) is 0 Å². The smallest absolute Gasteiger partial charge is 0.261 e. The summed E-state index contributed by atoms with van der Waals surface area (Å²) in [6.07, 6.45) is 0.137. The average molecular weight is 325 g/mol. The van der Waals surface area contributed by atoms with Crippen LogP contribution in [0.3, 0.4) is 0 Å². The molecule has 24 heavy (non-hydrogen) atoms. The minimum Gasteiger partial charge on any atom is -0.480 e. The zero-order valence-corrected chi connectivity index (χ0v) is 15.2. The van der Waals surface area contributed by atoms with Gasteiger partial charge in [0, 0.05) is 0 Å². The summed E-state index contributed by atoms with van der Waals surface area (Å²) >= 11 is 0. The van der Waals surface area contributed by atoms with Crippen molar-refractivity contribution in [1.29, 1.82) is 0 Å². The second-order valence-electron chi connectivity index (χ2n) is 6.37. The van der Waals surface area contributed by atoms with Gasteiger partial charge in [-0.3, -0.25) is 4.79 Å². The Morgan fingerprint density at radius 2 is 1.79 bits per heavy atom. The molecule has 0 saturated carbocycles. The highest BCUT2D eigenvalue weighted by atomic mass is 16.5. The van der Waals surface area contributed by atoms with Gasteiger partial charge in [0.05, 0.1) is 6.04 Å². The first-order valence-electron chi connectivity index (χ1n) is 8.52. The zero-order valence-electron chi connectivity index (χ0n) is 15.2. The fourth-order valence-electron chi connectivity index (χ4n) is 2.77. The Morgan fingerprint density at radius 1 is 1.08 bits per heavy atom. The standard InChI is InChI=1S/C21H27NO2/c1-6-19(24-20-10-8-7-9-16(20)4)21(23)22-17(5)18-13-14(2)11-12-15(18)3/h7-13,17,19H,6H2,1-5H3,(H,22,23)/t17-,19+/m1/s1. The van der Waals surface area contributed by atoms with E-state index in [1.54, 1.807) is 0 Å². The van der Waals surface area contributed by atoms with Gasteiger partial charge in [-0.05, 0) is 56.9 Å². The highest BCUT2D eigenvalue weighted by molar-refractivity contribution is 5.81. The summed E-state index contributed by atoms with van der Waals surface area (Å²) in [7, 11) is 0. The molecule has 0 unspecified atom stereocenters. The van der Waals surface area contributed by atoms with E-state index in [1.165, 1.54) is 11.1 Å². The van der Waals surface area contributed by atoms with Gasteiger partial charge in [-0.25, -0.2) is 0 Å². The number of hydrogen-bond acceptors (Lipinski definition) is 2. The van der Waals surface area contributed by atoms with E-state index in [-0.39, 0.29) is 11.9 Å². The van der Waals surface area contributed by atoms with Crippen LogP contribution in [-0.4, -0.2) is 12.0 Å². The maximum Gasteiger partial charge on any atom is 0.261 e. The lowest BCUT2D eigenvalue weighted by Crippen LogP contribution is -2.39. The Labute approximate surface area is 145 Å². The van der Waals surface area contributed by atoms with E-state index in [2.05, 4.69) is 37.4 Å². The van der Waals surface area contributed by atoms with Crippen molar-refractivity contribution >= 4 is 5.91 Å². The molecule has 128 valence electrons. The Morgan fingerprint density at radius 3 is 2.46 bits per heavy atom. The van der Waals surface area contributed by atoms with Crippen molar-refractivity contribution in [2.75, 3.05) is 0 Å². The summed E-state index contributed by atoms with van der Waals surface area (Å²) in [4.78, 5) is 12.6. The van der Waals surface area contributed by atoms with Crippen LogP contribution < -0.4 is 10.1 Å². The fourth-order valence-corrected chi connectivity index (χ4v) is 2.77. The topological polar surface area (TPSA) is 38.3 Å². The van der Waals surface area contributed by atoms with Crippen LogP contribution in [-0.2, 0) is 4.79 Å². The third-order valence-corrected chi connectivity index (χ3v) is 4.29. The Kier molecular flexibility index (Phi) is 6.02. The van der Waals surface area contributed by atoms with Crippen molar-refractivity contribution in [3.05, 3.63) is 64.7 Å². The number of carbonyl (C=O) groups excluding carboxylic acids is 1. The first-order valence-corrected chi connectivity index (χ1v) is 8.52. The van der Waals surface area contributed by atoms with Crippen LogP contribution in [0.4, 0.5) is 0 Å². The maximum atomic E-state index is 12.6. The molecule has 0 aliphatic carbocycles. The van der Waals surface area contributed by atoms with Gasteiger partial charge in [-0.15, -0.1) is 0 Å². The summed E-state index contributed by atoms with van der Waals surface area (Å²) < 4.78 is 5.93. The number of carbonyl (C=O) groups is 1. The number of benzene rings is 2. The zero-order chi connectivity index (χ0) is 17.7.